The summed E-state index contributed by atoms with van der Waals surface area (Å²) < 4.78 is 78.4. The molecule has 1 unspecified atom stereocenters. The lowest BCUT2D eigenvalue weighted by Crippen LogP contribution is -2.35. The van der Waals surface area contributed by atoms with Crippen LogP contribution in [0, 0.1) is 11.7 Å². The van der Waals surface area contributed by atoms with Gasteiger partial charge in [0.2, 0.25) is 0 Å². The molecule has 6 nitrogen and oxygen atoms in total. The van der Waals surface area contributed by atoms with Crippen LogP contribution in [0.4, 0.5) is 23.2 Å². The number of benzene rings is 8. The molecule has 2 aliphatic carbocycles. The molecule has 0 bridgehead atoms. The van der Waals surface area contributed by atoms with Gasteiger partial charge in [-0.05, 0) is 179 Å². The van der Waals surface area contributed by atoms with Crippen LogP contribution in [0.2, 0.25) is 0 Å². The van der Waals surface area contributed by atoms with Crippen LogP contribution in [0.15, 0.2) is 162 Å². The minimum Gasteiger partial charge on any atom is -0.494 e. The number of carbonyl (C=O) groups is 2. The molecule has 81 heavy (non-hydrogen) atoms. The molecule has 3 aliphatic rings. The zero-order chi connectivity index (χ0) is 56.6. The van der Waals surface area contributed by atoms with E-state index in [9.17, 15) is 27.2 Å². The Bertz CT molecular complexity index is 3660. The van der Waals surface area contributed by atoms with Crippen molar-refractivity contribution in [1.82, 2.24) is 0 Å². The first-order valence-electron chi connectivity index (χ1n) is 28.3. The van der Waals surface area contributed by atoms with Gasteiger partial charge in [0, 0.05) is 43.2 Å². The summed E-state index contributed by atoms with van der Waals surface area (Å²) in [6, 6.07) is 43.3. The second kappa shape index (κ2) is 22.8. The fourth-order valence-corrected chi connectivity index (χ4v) is 13.4. The highest BCUT2D eigenvalue weighted by atomic mass is 79.9. The first-order chi connectivity index (χ1) is 39.0. The largest absolute Gasteiger partial charge is 0.494 e. The molecule has 8 aromatic carbocycles. The van der Waals surface area contributed by atoms with Gasteiger partial charge in [-0.25, -0.2) is 9.18 Å². The Morgan fingerprint density at radius 3 is 1.98 bits per heavy atom. The first kappa shape index (κ1) is 55.4. The van der Waals surface area contributed by atoms with E-state index in [4.69, 9.17) is 14.2 Å². The summed E-state index contributed by atoms with van der Waals surface area (Å²) in [5.74, 6) is 1.27. The maximum atomic E-state index is 14.7. The zero-order valence-electron chi connectivity index (χ0n) is 46.0. The van der Waals surface area contributed by atoms with Crippen molar-refractivity contribution in [3.8, 4) is 39.5 Å². The van der Waals surface area contributed by atoms with Crippen LogP contribution in [-0.4, -0.2) is 18.5 Å². The number of esters is 1. The minimum absolute atomic E-state index is 0.238. The number of carbonyl (C=O) groups excluding carboxylic acids is 2. The number of unbranched alkanes of at least 4 members (excludes halogenated alkanes) is 3. The van der Waals surface area contributed by atoms with Gasteiger partial charge < -0.3 is 19.5 Å². The van der Waals surface area contributed by atoms with Gasteiger partial charge in [-0.2, -0.15) is 13.2 Å². The summed E-state index contributed by atoms with van der Waals surface area (Å²) in [6.45, 7) is 9.02. The lowest BCUT2D eigenvalue weighted by molar-refractivity contribution is -0.137. The van der Waals surface area contributed by atoms with Gasteiger partial charge in [0.1, 0.15) is 23.1 Å². The van der Waals surface area contributed by atoms with Crippen molar-refractivity contribution in [3.05, 3.63) is 218 Å². The molecule has 1 atom stereocenters. The number of hydrogen-bond acceptors (Lipinski definition) is 5. The average Bonchev–Trinajstić information content (AvgIpc) is 4.01. The van der Waals surface area contributed by atoms with Crippen LogP contribution < -0.4 is 19.5 Å². The third-order valence-electron chi connectivity index (χ3n) is 16.8. The standard InChI is InChI=1S/C70H64BrF4NO5/c1-5-7-9-10-43-11-13-44(14-12-43)45-15-17-46(18-16-45)47-19-21-49(22-20-47)67(78)80-56-32-23-48(24-33-56)66(77)76-54-41-60-62-57-36-29-52(70(73,74)75)40-59(57)65-58(64(62)68(3,4)63(60)61(71)42-54)37-38-69(81-65,50-25-30-53(72)31-26-50)51-27-34-55(35-28-51)79-39-8-6-2/h15-38,40-44H,5-14,39H2,1-4H3,(H,76,77)/t43-,44-,69?. The number of amides is 1. The Kier molecular flexibility index (Phi) is 15.6. The second-order valence-electron chi connectivity index (χ2n) is 22.4. The van der Waals surface area contributed by atoms with Crippen LogP contribution in [-0.2, 0) is 17.2 Å². The highest BCUT2D eigenvalue weighted by Gasteiger charge is 2.46. The maximum absolute atomic E-state index is 14.7. The van der Waals surface area contributed by atoms with Crippen molar-refractivity contribution in [3.63, 3.8) is 0 Å². The predicted octanol–water partition coefficient (Wildman–Crippen LogP) is 19.6. The van der Waals surface area contributed by atoms with Crippen LogP contribution in [0.5, 0.6) is 17.2 Å². The summed E-state index contributed by atoms with van der Waals surface area (Å²) in [5, 5.41) is 3.79. The van der Waals surface area contributed by atoms with Crippen molar-refractivity contribution in [2.45, 2.75) is 115 Å². The minimum atomic E-state index is -4.67. The Hall–Kier alpha value is -7.50. The fourth-order valence-electron chi connectivity index (χ4n) is 12.4. The number of alkyl halides is 3. The topological polar surface area (TPSA) is 73.9 Å². The van der Waals surface area contributed by atoms with Crippen LogP contribution in [0.25, 0.3) is 39.1 Å². The molecule has 1 amide bonds. The Labute approximate surface area is 479 Å². The number of nitrogens with one attached hydrogen (secondary N) is 1. The third-order valence-corrected chi connectivity index (χ3v) is 17.4. The molecule has 11 heteroatoms. The van der Waals surface area contributed by atoms with E-state index < -0.39 is 40.4 Å². The van der Waals surface area contributed by atoms with Crippen LogP contribution >= 0.6 is 15.9 Å². The molecule has 1 saturated carbocycles. The molecule has 11 rings (SSSR count). The normalized spacial score (nSPS) is 17.9. The first-order valence-corrected chi connectivity index (χ1v) is 29.1. The number of halogens is 5. The Morgan fingerprint density at radius 2 is 1.32 bits per heavy atom. The van der Waals surface area contributed by atoms with Gasteiger partial charge in [-0.15, -0.1) is 0 Å². The van der Waals surface area contributed by atoms with Gasteiger partial charge in [-0.3, -0.25) is 4.79 Å². The SMILES string of the molecule is CCCCC[C@H]1CC[C@H](c2ccc(-c3ccc(C(=O)Oc4ccc(C(=O)Nc5cc(Br)c6c(c5)-c5c(c7c(c8cc(C(F)(F)F)ccc58)OC(c5ccc(F)cc5)(c5ccc(OCCCC)cc5)C=C7)C6(C)C)cc4)cc3)cc2)CC1. The summed E-state index contributed by atoms with van der Waals surface area (Å²) in [5.41, 5.74) is 6.67. The number of fused-ring (bicyclic) bond motifs is 8. The summed E-state index contributed by atoms with van der Waals surface area (Å²) in [7, 11) is 0. The number of rotatable bonds is 16. The molecule has 414 valence electrons. The van der Waals surface area contributed by atoms with Crippen molar-refractivity contribution >= 4 is 50.3 Å². The quantitative estimate of drug-likeness (QED) is 0.0452. The average molecular weight is 1160 g/mol. The molecule has 1 N–H and O–H groups in total. The van der Waals surface area contributed by atoms with E-state index in [1.54, 1.807) is 48.5 Å². The van der Waals surface area contributed by atoms with E-state index >= 15 is 0 Å². The zero-order valence-corrected chi connectivity index (χ0v) is 47.5. The van der Waals surface area contributed by atoms with E-state index in [2.05, 4.69) is 73.2 Å². The summed E-state index contributed by atoms with van der Waals surface area (Å²) >= 11 is 3.84. The molecule has 8 aromatic rings. The molecule has 0 radical (unpaired) electrons. The monoisotopic (exact) mass is 1150 g/mol. The number of hydrogen-bond donors (Lipinski definition) is 1. The second-order valence-corrected chi connectivity index (χ2v) is 23.3. The van der Waals surface area contributed by atoms with Crippen molar-refractivity contribution in [2.75, 3.05) is 11.9 Å². The van der Waals surface area contributed by atoms with E-state index in [0.717, 1.165) is 58.7 Å². The van der Waals surface area contributed by atoms with Crippen molar-refractivity contribution in [1.29, 1.82) is 0 Å². The lowest BCUT2D eigenvalue weighted by Gasteiger charge is -2.38. The molecule has 1 fully saturated rings. The van der Waals surface area contributed by atoms with Gasteiger partial charge in [0.05, 0.1) is 17.7 Å². The summed E-state index contributed by atoms with van der Waals surface area (Å²) in [4.78, 5) is 27.3. The molecule has 1 aliphatic heterocycles. The molecular formula is C70H64BrF4NO5. The van der Waals surface area contributed by atoms with Gasteiger partial charge in [0.15, 0.2) is 5.60 Å². The van der Waals surface area contributed by atoms with Crippen molar-refractivity contribution < 1.29 is 41.4 Å². The molecule has 1 heterocycles. The number of ether oxygens (including phenoxy) is 3. The van der Waals surface area contributed by atoms with Gasteiger partial charge >= 0.3 is 12.1 Å². The highest BCUT2D eigenvalue weighted by molar-refractivity contribution is 9.10. The van der Waals surface area contributed by atoms with E-state index in [1.807, 2.05) is 60.7 Å². The summed E-state index contributed by atoms with van der Waals surface area (Å²) in [6.07, 6.45) is 11.5. The lowest BCUT2D eigenvalue weighted by atomic mass is 9.76. The predicted molar refractivity (Wildman–Crippen MR) is 318 cm³/mol. The smallest absolute Gasteiger partial charge is 0.416 e. The maximum Gasteiger partial charge on any atom is 0.416 e. The Morgan fingerprint density at radius 1 is 0.691 bits per heavy atom. The third kappa shape index (κ3) is 11.1. The van der Waals surface area contributed by atoms with Crippen LogP contribution in [0.1, 0.15) is 157 Å². The highest BCUT2D eigenvalue weighted by Crippen LogP contribution is 2.60. The van der Waals surface area contributed by atoms with E-state index in [0.29, 0.717) is 67.2 Å². The van der Waals surface area contributed by atoms with Gasteiger partial charge in [-0.1, -0.05) is 149 Å². The van der Waals surface area contributed by atoms with E-state index in [1.165, 1.54) is 75.1 Å². The Balaban J connectivity index is 0.832. The molecule has 0 aromatic heterocycles. The van der Waals surface area contributed by atoms with E-state index in [-0.39, 0.29) is 16.9 Å². The van der Waals surface area contributed by atoms with Crippen LogP contribution in [0.3, 0.4) is 0 Å². The van der Waals surface area contributed by atoms with Crippen molar-refractivity contribution in [2.24, 2.45) is 5.92 Å². The van der Waals surface area contributed by atoms with Gasteiger partial charge in [0.25, 0.3) is 5.91 Å². The molecule has 0 saturated heterocycles. The molecular weight excluding hydrogens is 1090 g/mol. The number of anilines is 1. The fraction of sp³-hybridized carbons (Fsp3) is 0.286. The molecule has 0 spiro atoms.